The number of alkyl halides is 3. The number of benzene rings is 1. The minimum Gasteiger partial charge on any atom is -0.389 e. The quantitative estimate of drug-likeness (QED) is 0.697. The van der Waals surface area contributed by atoms with Crippen molar-refractivity contribution in [1.29, 1.82) is 0 Å². The molecule has 31 heavy (non-hydrogen) atoms. The predicted octanol–water partition coefficient (Wildman–Crippen LogP) is 4.04. The number of carbonyl (C=O) groups is 1. The van der Waals surface area contributed by atoms with E-state index in [0.29, 0.717) is 42.4 Å². The summed E-state index contributed by atoms with van der Waals surface area (Å²) in [5, 5.41) is 13.4. The monoisotopic (exact) mass is 434 g/mol. The van der Waals surface area contributed by atoms with Crippen molar-refractivity contribution in [3.63, 3.8) is 0 Å². The highest BCUT2D eigenvalue weighted by Gasteiger charge is 2.45. The van der Waals surface area contributed by atoms with Crippen molar-refractivity contribution in [2.45, 2.75) is 44.5 Å². The molecule has 2 unspecified atom stereocenters. The van der Waals surface area contributed by atoms with Crippen molar-refractivity contribution in [2.24, 2.45) is 0 Å². The van der Waals surface area contributed by atoms with E-state index in [2.05, 4.69) is 17.2 Å². The van der Waals surface area contributed by atoms with Crippen molar-refractivity contribution in [3.8, 4) is 11.3 Å². The summed E-state index contributed by atoms with van der Waals surface area (Å²) < 4.78 is 39.4. The van der Waals surface area contributed by atoms with E-state index in [9.17, 15) is 23.1 Å². The van der Waals surface area contributed by atoms with E-state index in [1.807, 2.05) is 4.90 Å². The van der Waals surface area contributed by atoms with E-state index in [0.717, 1.165) is 31.4 Å². The van der Waals surface area contributed by atoms with Crippen molar-refractivity contribution in [2.75, 3.05) is 29.4 Å². The number of aliphatic hydroxyl groups is 1. The third-order valence-electron chi connectivity index (χ3n) is 5.78. The molecule has 2 amide bonds. The largest absolute Gasteiger partial charge is 0.416 e. The molecule has 1 aromatic carbocycles. The zero-order valence-electron chi connectivity index (χ0n) is 17.2. The van der Waals surface area contributed by atoms with Crippen LogP contribution in [-0.4, -0.2) is 47.9 Å². The van der Waals surface area contributed by atoms with Crippen LogP contribution in [0.3, 0.4) is 0 Å². The number of unbranched alkanes of at least 4 members (excludes halogenated alkanes) is 2. The van der Waals surface area contributed by atoms with Crippen molar-refractivity contribution < 1.29 is 23.1 Å². The van der Waals surface area contributed by atoms with Gasteiger partial charge in [-0.2, -0.15) is 13.2 Å². The lowest BCUT2D eigenvalue weighted by atomic mass is 10.1. The number of pyridine rings is 1. The van der Waals surface area contributed by atoms with Gasteiger partial charge in [0.1, 0.15) is 0 Å². The van der Waals surface area contributed by atoms with Gasteiger partial charge in [-0.05, 0) is 30.7 Å². The Labute approximate surface area is 178 Å². The second-order valence-electron chi connectivity index (χ2n) is 7.97. The Balaban J connectivity index is 1.69. The lowest BCUT2D eigenvalue weighted by Crippen LogP contribution is -2.53. The van der Waals surface area contributed by atoms with Crippen LogP contribution in [0.2, 0.25) is 0 Å². The minimum absolute atomic E-state index is 0.314. The van der Waals surface area contributed by atoms with Gasteiger partial charge in [-0.1, -0.05) is 31.9 Å². The molecule has 0 radical (unpaired) electrons. The highest BCUT2D eigenvalue weighted by atomic mass is 19.4. The average Bonchev–Trinajstić information content (AvgIpc) is 3.07. The Bertz CT molecular complexity index is 966. The molecule has 1 fully saturated rings. The van der Waals surface area contributed by atoms with Gasteiger partial charge in [0.25, 0.3) is 0 Å². The summed E-state index contributed by atoms with van der Waals surface area (Å²) in [6.07, 6.45) is -2.31. The second-order valence-corrected chi connectivity index (χ2v) is 7.97. The summed E-state index contributed by atoms with van der Waals surface area (Å²) in [4.78, 5) is 21.0. The van der Waals surface area contributed by atoms with Crippen LogP contribution in [0.5, 0.6) is 0 Å². The molecule has 1 aromatic heterocycles. The average molecular weight is 434 g/mol. The van der Waals surface area contributed by atoms with Crippen LogP contribution >= 0.6 is 0 Å². The molecular formula is C22H25F3N4O2. The SMILES string of the molecule is CCCCCNC(=O)N1c2nc(-c3cccc(C(F)(F)F)c3)ccc2N2CC(O)C1C2. The van der Waals surface area contributed by atoms with Crippen LogP contribution < -0.4 is 15.1 Å². The first-order valence-corrected chi connectivity index (χ1v) is 10.5. The third kappa shape index (κ3) is 4.19. The first-order valence-electron chi connectivity index (χ1n) is 10.5. The van der Waals surface area contributed by atoms with Gasteiger partial charge in [0.15, 0.2) is 5.82 Å². The van der Waals surface area contributed by atoms with E-state index in [4.69, 9.17) is 0 Å². The van der Waals surface area contributed by atoms with E-state index in [-0.39, 0.29) is 6.03 Å². The van der Waals surface area contributed by atoms with Gasteiger partial charge in [0, 0.05) is 25.2 Å². The standard InChI is InChI=1S/C22H25F3N4O2/c1-2-3-4-10-26-21(31)29-18-12-28(13-19(18)30)17-9-8-16(27-20(17)29)14-6-5-7-15(11-14)22(23,24)25/h5-9,11,18-19,30H,2-4,10,12-13H2,1H3,(H,26,31). The van der Waals surface area contributed by atoms with E-state index >= 15 is 0 Å². The molecule has 166 valence electrons. The van der Waals surface area contributed by atoms with Crippen molar-refractivity contribution in [3.05, 3.63) is 42.0 Å². The minimum atomic E-state index is -4.45. The molecule has 2 atom stereocenters. The maximum Gasteiger partial charge on any atom is 0.416 e. The van der Waals surface area contributed by atoms with Crippen molar-refractivity contribution >= 4 is 17.5 Å². The van der Waals surface area contributed by atoms with E-state index < -0.39 is 23.9 Å². The van der Waals surface area contributed by atoms with Crippen LogP contribution in [0.4, 0.5) is 29.5 Å². The summed E-state index contributed by atoms with van der Waals surface area (Å²) in [5.74, 6) is 0.357. The molecule has 0 spiro atoms. The number of hydrogen-bond donors (Lipinski definition) is 2. The van der Waals surface area contributed by atoms with Crippen LogP contribution in [-0.2, 0) is 6.18 Å². The van der Waals surface area contributed by atoms with Gasteiger partial charge in [0.05, 0.1) is 29.1 Å². The zero-order chi connectivity index (χ0) is 22.2. The molecular weight excluding hydrogens is 409 g/mol. The van der Waals surface area contributed by atoms with E-state index in [1.54, 1.807) is 18.2 Å². The number of fused-ring (bicyclic) bond motifs is 4. The Hall–Kier alpha value is -2.81. The van der Waals surface area contributed by atoms with Crippen LogP contribution in [0.1, 0.15) is 31.7 Å². The lowest BCUT2D eigenvalue weighted by molar-refractivity contribution is -0.137. The number of carbonyl (C=O) groups excluding carboxylic acids is 1. The fourth-order valence-corrected chi connectivity index (χ4v) is 4.16. The fraction of sp³-hybridized carbons (Fsp3) is 0.455. The molecule has 1 saturated heterocycles. The topological polar surface area (TPSA) is 68.7 Å². The van der Waals surface area contributed by atoms with Crippen LogP contribution in [0, 0.1) is 0 Å². The number of aliphatic hydroxyl groups excluding tert-OH is 1. The molecule has 3 heterocycles. The number of rotatable bonds is 5. The summed E-state index contributed by atoms with van der Waals surface area (Å²) in [7, 11) is 0. The molecule has 4 rings (SSSR count). The smallest absolute Gasteiger partial charge is 0.389 e. The third-order valence-corrected chi connectivity index (χ3v) is 5.78. The molecule has 2 bridgehead atoms. The Kier molecular flexibility index (Phi) is 5.79. The number of hydrogen-bond acceptors (Lipinski definition) is 4. The first-order chi connectivity index (χ1) is 14.8. The number of halogens is 3. The Morgan fingerprint density at radius 3 is 2.77 bits per heavy atom. The number of nitrogens with one attached hydrogen (secondary N) is 1. The number of amides is 2. The highest BCUT2D eigenvalue weighted by Crippen LogP contribution is 2.40. The predicted molar refractivity (Wildman–Crippen MR) is 112 cm³/mol. The summed E-state index contributed by atoms with van der Waals surface area (Å²) >= 11 is 0. The molecule has 9 heteroatoms. The Morgan fingerprint density at radius 1 is 1.23 bits per heavy atom. The number of aromatic nitrogens is 1. The van der Waals surface area contributed by atoms with Crippen molar-refractivity contribution in [1.82, 2.24) is 10.3 Å². The number of nitrogens with zero attached hydrogens (tertiary/aromatic N) is 3. The maximum atomic E-state index is 13.1. The number of urea groups is 1. The molecule has 0 saturated carbocycles. The molecule has 2 aliphatic rings. The van der Waals surface area contributed by atoms with Gasteiger partial charge in [-0.25, -0.2) is 9.78 Å². The Morgan fingerprint density at radius 2 is 2.03 bits per heavy atom. The zero-order valence-corrected chi connectivity index (χ0v) is 17.2. The molecule has 2 N–H and O–H groups in total. The summed E-state index contributed by atoms with van der Waals surface area (Å²) in [6, 6.07) is 7.57. The maximum absolute atomic E-state index is 13.1. The molecule has 6 nitrogen and oxygen atoms in total. The van der Waals surface area contributed by atoms with Crippen LogP contribution in [0.15, 0.2) is 36.4 Å². The van der Waals surface area contributed by atoms with Gasteiger partial charge in [0.2, 0.25) is 0 Å². The highest BCUT2D eigenvalue weighted by molar-refractivity contribution is 5.97. The summed E-state index contributed by atoms with van der Waals surface area (Å²) in [5.41, 5.74) is 0.585. The second kappa shape index (κ2) is 8.37. The van der Waals surface area contributed by atoms with Crippen LogP contribution in [0.25, 0.3) is 11.3 Å². The van der Waals surface area contributed by atoms with Gasteiger partial charge >= 0.3 is 12.2 Å². The molecule has 2 aliphatic heterocycles. The molecule has 0 aliphatic carbocycles. The van der Waals surface area contributed by atoms with E-state index in [1.165, 1.54) is 11.0 Å². The fourth-order valence-electron chi connectivity index (χ4n) is 4.16. The summed E-state index contributed by atoms with van der Waals surface area (Å²) in [6.45, 7) is 3.45. The van der Waals surface area contributed by atoms with Gasteiger partial charge in [-0.15, -0.1) is 0 Å². The lowest BCUT2D eigenvalue weighted by Gasteiger charge is -2.36. The molecule has 2 aromatic rings. The normalized spacial score (nSPS) is 20.0. The van der Waals surface area contributed by atoms with Gasteiger partial charge < -0.3 is 15.3 Å². The van der Waals surface area contributed by atoms with Gasteiger partial charge in [-0.3, -0.25) is 4.90 Å². The number of anilines is 2. The first kappa shape index (κ1) is 21.4.